The maximum Gasteiger partial charge on any atom is 0.355 e. The average Bonchev–Trinajstić information content (AvgIpc) is 0.748. The molecule has 0 saturated carbocycles. The van der Waals surface area contributed by atoms with Crippen LogP contribution in [0.3, 0.4) is 0 Å². The third-order valence-corrected chi connectivity index (χ3v) is 23.3. The van der Waals surface area contributed by atoms with E-state index in [1.54, 1.807) is 79.4 Å². The largest absolute Gasteiger partial charge is 0.355 e. The number of benzene rings is 3. The summed E-state index contributed by atoms with van der Waals surface area (Å²) in [7, 11) is 0. The Hall–Kier alpha value is -9.56. The maximum atomic E-state index is 15.0. The number of rotatable bonds is 12. The Labute approximate surface area is 726 Å². The molecule has 3 aromatic carbocycles. The van der Waals surface area contributed by atoms with Crippen LogP contribution in [0.4, 0.5) is 24.8 Å². The van der Waals surface area contributed by atoms with E-state index in [0.29, 0.717) is 112 Å². The lowest BCUT2D eigenvalue weighted by Gasteiger charge is -2.44. The summed E-state index contributed by atoms with van der Waals surface area (Å²) >= 11 is 29.9. The highest BCUT2D eigenvalue weighted by Gasteiger charge is 2.36. The summed E-state index contributed by atoms with van der Waals surface area (Å²) in [5.74, 6) is 0.478. The van der Waals surface area contributed by atoms with Crippen LogP contribution in [0, 0.1) is 50.1 Å². The van der Waals surface area contributed by atoms with Gasteiger partial charge >= 0.3 is 17.1 Å². The second kappa shape index (κ2) is 37.2. The molecule has 9 aromatic heterocycles. The number of piperazine rings is 1. The highest BCUT2D eigenvalue weighted by molar-refractivity contribution is 9.10. The number of halogens is 9. The first-order valence-corrected chi connectivity index (χ1v) is 42.7. The molecule has 0 aliphatic carbocycles. The van der Waals surface area contributed by atoms with Crippen molar-refractivity contribution in [1.82, 2.24) is 83.7 Å². The molecule has 15 rings (SSSR count). The van der Waals surface area contributed by atoms with Crippen molar-refractivity contribution in [3.63, 3.8) is 0 Å². The molecule has 0 spiro atoms. The third kappa shape index (κ3) is 18.7. The Kier molecular flexibility index (Phi) is 27.7. The molecule has 0 bridgehead atoms. The minimum atomic E-state index is -0.706. The van der Waals surface area contributed by atoms with Crippen LogP contribution in [0.1, 0.15) is 161 Å². The third-order valence-electron chi connectivity index (χ3n) is 21.3. The van der Waals surface area contributed by atoms with Crippen molar-refractivity contribution >= 4 is 133 Å². The van der Waals surface area contributed by atoms with Gasteiger partial charge < -0.3 is 20.0 Å². The standard InChI is InChI=1S/C30H30BrClFN7O2.C28H29BrClFN6O.C21H16BrClFN5O2.C7H15N/c1-7-23(41)38-13-17(5)39(14-16(38)4)27-20-12-21(32)25(19-10-8-9-11-22(19)33)35-28(20)40(30(42)37-27)26-18(6)34-29(31)36-24(26)15(2)3;1-14(2)22-24(17(5)32-27(29)34-22)37-26-19(12-20(30)23(33-26)18-8-6-7-9-21(18)31)25(35-28(37)38)36-13-15(3)10-11-16(36)4;1-9(2)15-17(10(3)25-20(22)27-15)29-18-12(19(30)28-21(29)31)8-13(23)16(26-18)11-6-4-5-7-14(11)24;1-6-3-4-7(2)8-5-6/h7-12,15-17H,1,13-14H2,2-6H3;6-9,12,14-16H,10-11,13H2,1-5H3;4-9H,1-3H3,(H,28,30,31);6-8H,3-5H2,1-2H3/t16-,17+;15-,16-;;6-,7-/m10.0/s1. The SMILES string of the molecule is C=CC(=O)N1C[C@H](C)N(c2nc(=O)n(-c3c(C)nc(Br)nc3C(C)C)c3nc(-c4ccccc4F)c(Cl)cc23)C[C@H]1C.C[C@H]1CC[C@H](C)NC1.Cc1nc(Br)nc(C(C)C)c1-n1c(=O)[nH]c(=O)c2cc(Cl)c(-c3ccccc3F)nc21.Cc1nc(Br)nc(C(C)C)c1-n1c(=O)nc(N2C[C@@H](C)CC[C@@H]2C)c2cc(Cl)c(-c3ccccc3F)nc21. The zero-order chi connectivity index (χ0) is 86.2. The number of fused-ring (bicyclic) bond motifs is 3. The molecule has 33 heteroatoms. The molecule has 12 heterocycles. The molecule has 12 aromatic rings. The van der Waals surface area contributed by atoms with E-state index < -0.39 is 40.1 Å². The van der Waals surface area contributed by atoms with Crippen molar-refractivity contribution in [3.05, 3.63) is 226 Å². The van der Waals surface area contributed by atoms with Gasteiger partial charge in [0, 0.05) is 60.5 Å². The number of carbonyl (C=O) groups excluding carboxylic acids is 1. The van der Waals surface area contributed by atoms with Gasteiger partial charge in [-0.1, -0.05) is 133 Å². The number of aryl methyl sites for hydroxylation is 3. The van der Waals surface area contributed by atoms with Gasteiger partial charge in [0.05, 0.1) is 99.5 Å². The normalized spacial score (nSPS) is 17.5. The van der Waals surface area contributed by atoms with Crippen molar-refractivity contribution in [2.45, 2.75) is 171 Å². The lowest BCUT2D eigenvalue weighted by molar-refractivity contribution is -0.128. The van der Waals surface area contributed by atoms with E-state index in [2.05, 4.69) is 142 Å². The van der Waals surface area contributed by atoms with Gasteiger partial charge in [0.1, 0.15) is 29.1 Å². The summed E-state index contributed by atoms with van der Waals surface area (Å²) in [5.41, 5.74) is 4.25. The molecule has 0 unspecified atom stereocenters. The fourth-order valence-corrected chi connectivity index (χ4v) is 17.3. The van der Waals surface area contributed by atoms with Crippen LogP contribution < -0.4 is 37.7 Å². The lowest BCUT2D eigenvalue weighted by atomic mass is 9.95. The summed E-state index contributed by atoms with van der Waals surface area (Å²) in [6.07, 6.45) is 6.17. The number of piperidine rings is 2. The van der Waals surface area contributed by atoms with E-state index in [9.17, 15) is 37.1 Å². The Morgan fingerprint density at radius 3 is 1.24 bits per heavy atom. The van der Waals surface area contributed by atoms with E-state index in [4.69, 9.17) is 44.8 Å². The molecule has 3 saturated heterocycles. The van der Waals surface area contributed by atoms with E-state index in [0.717, 1.165) is 31.3 Å². The monoisotopic (exact) mass is 1870 g/mol. The van der Waals surface area contributed by atoms with Crippen molar-refractivity contribution in [1.29, 1.82) is 0 Å². The smallest absolute Gasteiger partial charge is 0.353 e. The van der Waals surface area contributed by atoms with Crippen LogP contribution in [0.2, 0.25) is 15.1 Å². The number of anilines is 2. The number of nitrogens with one attached hydrogen (secondary N) is 2. The van der Waals surface area contributed by atoms with Crippen LogP contribution in [-0.2, 0) is 4.79 Å². The first-order chi connectivity index (χ1) is 56.5. The van der Waals surface area contributed by atoms with Crippen LogP contribution in [0.25, 0.3) is 83.9 Å². The number of carbonyl (C=O) groups is 1. The fraction of sp³-hybridized carbons (Fsp3) is 0.372. The summed E-state index contributed by atoms with van der Waals surface area (Å²) in [5, 5.41) is 5.20. The average molecular weight is 1870 g/mol. The molecule has 24 nitrogen and oxygen atoms in total. The fourth-order valence-electron chi connectivity index (χ4n) is 15.2. The molecule has 3 fully saturated rings. The second-order valence-electron chi connectivity index (χ2n) is 31.3. The van der Waals surface area contributed by atoms with Gasteiger partial charge in [-0.15, -0.1) is 0 Å². The van der Waals surface area contributed by atoms with Gasteiger partial charge in [-0.05, 0) is 219 Å². The molecule has 119 heavy (non-hydrogen) atoms. The highest BCUT2D eigenvalue weighted by atomic mass is 79.9. The Morgan fingerprint density at radius 1 is 0.479 bits per heavy atom. The summed E-state index contributed by atoms with van der Waals surface area (Å²) in [6, 6.07) is 23.9. The van der Waals surface area contributed by atoms with Gasteiger partial charge in [-0.25, -0.2) is 86.1 Å². The molecule has 1 amide bonds. The number of pyridine rings is 3. The minimum Gasteiger partial charge on any atom is -0.353 e. The van der Waals surface area contributed by atoms with Gasteiger partial charge in [-0.3, -0.25) is 14.6 Å². The number of hydrogen-bond acceptors (Lipinski definition) is 19. The van der Waals surface area contributed by atoms with E-state index in [1.807, 2.05) is 67.2 Å². The van der Waals surface area contributed by atoms with Gasteiger partial charge in [0.25, 0.3) is 5.56 Å². The van der Waals surface area contributed by atoms with Crippen molar-refractivity contribution in [2.24, 2.45) is 11.8 Å². The first-order valence-electron chi connectivity index (χ1n) is 39.2. The van der Waals surface area contributed by atoms with E-state index in [-0.39, 0.29) is 107 Å². The molecule has 2 N–H and O–H groups in total. The first kappa shape index (κ1) is 88.7. The predicted molar refractivity (Wildman–Crippen MR) is 475 cm³/mol. The molecule has 3 aliphatic rings. The van der Waals surface area contributed by atoms with Gasteiger partial charge in [-0.2, -0.15) is 9.97 Å². The van der Waals surface area contributed by atoms with E-state index >= 15 is 0 Å². The summed E-state index contributed by atoms with van der Waals surface area (Å²) in [6.45, 7) is 36.3. The van der Waals surface area contributed by atoms with Crippen LogP contribution in [0.5, 0.6) is 0 Å². The molecular formula is C86H90Br3Cl3F3N19O5. The van der Waals surface area contributed by atoms with Crippen molar-refractivity contribution < 1.29 is 18.0 Å². The molecule has 0 radical (unpaired) electrons. The number of aromatic amines is 1. The second-order valence-corrected chi connectivity index (χ2v) is 34.7. The molecular weight excluding hydrogens is 1780 g/mol. The van der Waals surface area contributed by atoms with Crippen LogP contribution in [-0.4, -0.2) is 135 Å². The Bertz CT molecular complexity index is 6190. The number of H-pyrrole nitrogens is 1. The quantitative estimate of drug-likeness (QED) is 0.0849. The van der Waals surface area contributed by atoms with Gasteiger partial charge in [0.2, 0.25) is 5.91 Å². The number of aromatic nitrogens is 15. The summed E-state index contributed by atoms with van der Waals surface area (Å²) < 4.78 is 49.6. The topological polar surface area (TPSA) is 279 Å². The zero-order valence-corrected chi connectivity index (χ0v) is 75.4. The maximum absolute atomic E-state index is 15.0. The van der Waals surface area contributed by atoms with Gasteiger partial charge in [0.15, 0.2) is 31.1 Å². The summed E-state index contributed by atoms with van der Waals surface area (Å²) in [4.78, 5) is 124. The highest BCUT2D eigenvalue weighted by Crippen LogP contribution is 2.41. The van der Waals surface area contributed by atoms with Crippen molar-refractivity contribution in [2.75, 3.05) is 36.0 Å². The van der Waals surface area contributed by atoms with Crippen LogP contribution in [0.15, 0.2) is 137 Å². The number of nitrogens with zero attached hydrogens (tertiary/aromatic N) is 17. The molecule has 622 valence electrons. The Balaban J connectivity index is 0.000000157. The van der Waals surface area contributed by atoms with Crippen LogP contribution >= 0.6 is 82.6 Å². The Morgan fingerprint density at radius 2 is 0.857 bits per heavy atom. The van der Waals surface area contributed by atoms with E-state index in [1.165, 1.54) is 69.5 Å². The lowest BCUT2D eigenvalue weighted by Crippen LogP contribution is -2.58. The number of hydrogen-bond donors (Lipinski definition) is 2. The molecule has 6 atom stereocenters. The van der Waals surface area contributed by atoms with Crippen molar-refractivity contribution in [3.8, 4) is 50.8 Å². The molecule has 3 aliphatic heterocycles. The minimum absolute atomic E-state index is 0.0223. The predicted octanol–water partition coefficient (Wildman–Crippen LogP) is 18.6. The number of amides is 1. The zero-order valence-electron chi connectivity index (χ0n) is 68.3.